The van der Waals surface area contributed by atoms with Crippen molar-refractivity contribution in [1.82, 2.24) is 14.6 Å². The van der Waals surface area contributed by atoms with Crippen LogP contribution in [0.4, 0.5) is 5.69 Å². The molecule has 0 radical (unpaired) electrons. The predicted octanol–water partition coefficient (Wildman–Crippen LogP) is 4.47. The van der Waals surface area contributed by atoms with Gasteiger partial charge in [0.1, 0.15) is 12.0 Å². The largest absolute Gasteiger partial charge is 0.373 e. The summed E-state index contributed by atoms with van der Waals surface area (Å²) >= 11 is 0. The number of nitrogens with zero attached hydrogens (tertiary/aromatic N) is 3. The molecule has 122 valence electrons. The summed E-state index contributed by atoms with van der Waals surface area (Å²) in [6.07, 6.45) is 4.65. The van der Waals surface area contributed by atoms with Crippen molar-refractivity contribution in [1.29, 1.82) is 0 Å². The average molecular weight is 326 g/mol. The van der Waals surface area contributed by atoms with Crippen LogP contribution in [0.1, 0.15) is 29.7 Å². The maximum Gasteiger partial charge on any atom is 0.137 e. The number of benzene rings is 2. The number of hydrogen-bond donors (Lipinski definition) is 1. The Morgan fingerprint density at radius 3 is 2.76 bits per heavy atom. The normalized spacial score (nSPS) is 15.5. The molecule has 1 unspecified atom stereocenters. The fraction of sp³-hybridized carbons (Fsp3) is 0.143. The summed E-state index contributed by atoms with van der Waals surface area (Å²) < 4.78 is 1.93. The van der Waals surface area contributed by atoms with Crippen LogP contribution in [0.5, 0.6) is 0 Å². The lowest BCUT2D eigenvalue weighted by molar-refractivity contribution is 0.893. The van der Waals surface area contributed by atoms with Crippen molar-refractivity contribution in [3.8, 4) is 11.3 Å². The van der Waals surface area contributed by atoms with E-state index in [2.05, 4.69) is 76.9 Å². The minimum absolute atomic E-state index is 0.0783. The minimum Gasteiger partial charge on any atom is -0.373 e. The van der Waals surface area contributed by atoms with Gasteiger partial charge in [0, 0.05) is 23.0 Å². The molecule has 4 heteroatoms. The van der Waals surface area contributed by atoms with Crippen molar-refractivity contribution in [2.75, 3.05) is 5.32 Å². The van der Waals surface area contributed by atoms with Crippen LogP contribution in [0, 0.1) is 0 Å². The molecule has 0 saturated heterocycles. The Morgan fingerprint density at radius 1 is 1.00 bits per heavy atom. The van der Waals surface area contributed by atoms with Crippen molar-refractivity contribution in [2.45, 2.75) is 19.4 Å². The predicted molar refractivity (Wildman–Crippen MR) is 99.7 cm³/mol. The SMILES string of the molecule is CCc1ccccc1C1Nc2ccccc2-c2ncnn3ccc1c23. The Morgan fingerprint density at radius 2 is 1.84 bits per heavy atom. The Hall–Kier alpha value is -3.14. The Bertz CT molecular complexity index is 1080. The van der Waals surface area contributed by atoms with Crippen LogP contribution in [0.2, 0.25) is 0 Å². The average Bonchev–Trinajstić information content (AvgIpc) is 3.04. The number of para-hydroxylation sites is 1. The lowest BCUT2D eigenvalue weighted by Gasteiger charge is -2.22. The first-order valence-electron chi connectivity index (χ1n) is 8.63. The number of fused-ring (bicyclic) bond motifs is 2. The smallest absolute Gasteiger partial charge is 0.137 e. The molecule has 2 aromatic carbocycles. The van der Waals surface area contributed by atoms with Gasteiger partial charge in [-0.05, 0) is 29.7 Å². The maximum atomic E-state index is 4.61. The van der Waals surface area contributed by atoms with E-state index in [1.807, 2.05) is 10.7 Å². The maximum absolute atomic E-state index is 4.61. The molecule has 1 atom stereocenters. The van der Waals surface area contributed by atoms with E-state index in [9.17, 15) is 0 Å². The number of nitrogens with one attached hydrogen (secondary N) is 1. The van der Waals surface area contributed by atoms with E-state index in [1.54, 1.807) is 6.33 Å². The molecule has 1 aliphatic heterocycles. The van der Waals surface area contributed by atoms with E-state index in [0.29, 0.717) is 0 Å². The second-order valence-corrected chi connectivity index (χ2v) is 6.35. The van der Waals surface area contributed by atoms with Crippen LogP contribution < -0.4 is 5.32 Å². The van der Waals surface area contributed by atoms with Crippen molar-refractivity contribution in [2.24, 2.45) is 0 Å². The van der Waals surface area contributed by atoms with Crippen LogP contribution in [-0.4, -0.2) is 14.6 Å². The zero-order chi connectivity index (χ0) is 16.8. The highest BCUT2D eigenvalue weighted by Crippen LogP contribution is 2.41. The zero-order valence-electron chi connectivity index (χ0n) is 14.0. The van der Waals surface area contributed by atoms with E-state index < -0.39 is 0 Å². The summed E-state index contributed by atoms with van der Waals surface area (Å²) in [4.78, 5) is 4.61. The van der Waals surface area contributed by atoms with Gasteiger partial charge in [0.15, 0.2) is 0 Å². The van der Waals surface area contributed by atoms with Crippen molar-refractivity contribution < 1.29 is 0 Å². The van der Waals surface area contributed by atoms with Crippen molar-refractivity contribution in [3.63, 3.8) is 0 Å². The third kappa shape index (κ3) is 2.07. The summed E-state index contributed by atoms with van der Waals surface area (Å²) in [5.41, 5.74) is 8.17. The van der Waals surface area contributed by atoms with E-state index in [4.69, 9.17) is 0 Å². The summed E-state index contributed by atoms with van der Waals surface area (Å²) in [5, 5.41) is 8.17. The van der Waals surface area contributed by atoms with E-state index >= 15 is 0 Å². The monoisotopic (exact) mass is 326 g/mol. The minimum atomic E-state index is 0.0783. The molecular weight excluding hydrogens is 308 g/mol. The molecule has 0 saturated carbocycles. The molecule has 2 aromatic heterocycles. The molecule has 0 spiro atoms. The van der Waals surface area contributed by atoms with Gasteiger partial charge in [-0.3, -0.25) is 0 Å². The number of hydrogen-bond acceptors (Lipinski definition) is 3. The van der Waals surface area contributed by atoms with Gasteiger partial charge in [0.25, 0.3) is 0 Å². The topological polar surface area (TPSA) is 42.2 Å². The van der Waals surface area contributed by atoms with Crippen LogP contribution in [0.15, 0.2) is 67.1 Å². The highest BCUT2D eigenvalue weighted by Gasteiger charge is 2.27. The fourth-order valence-corrected chi connectivity index (χ4v) is 3.84. The number of rotatable bonds is 2. The third-order valence-electron chi connectivity index (χ3n) is 5.03. The van der Waals surface area contributed by atoms with Crippen LogP contribution in [0.25, 0.3) is 16.8 Å². The summed E-state index contributed by atoms with van der Waals surface area (Å²) in [6.45, 7) is 2.20. The molecule has 0 amide bonds. The van der Waals surface area contributed by atoms with Crippen LogP contribution in [0.3, 0.4) is 0 Å². The molecule has 4 aromatic rings. The van der Waals surface area contributed by atoms with Crippen molar-refractivity contribution >= 4 is 11.2 Å². The van der Waals surface area contributed by atoms with Gasteiger partial charge in [0.2, 0.25) is 0 Å². The molecule has 25 heavy (non-hydrogen) atoms. The summed E-state index contributed by atoms with van der Waals surface area (Å²) in [7, 11) is 0. The van der Waals surface area contributed by atoms with Crippen molar-refractivity contribution in [3.05, 3.63) is 83.8 Å². The molecule has 0 aliphatic carbocycles. The third-order valence-corrected chi connectivity index (χ3v) is 5.03. The second kappa shape index (κ2) is 5.45. The molecular formula is C21H18N4. The molecule has 5 rings (SSSR count). The number of aromatic nitrogens is 3. The quantitative estimate of drug-likeness (QED) is 0.591. The molecule has 1 aliphatic rings. The molecule has 1 N–H and O–H groups in total. The van der Waals surface area contributed by atoms with E-state index in [1.165, 1.54) is 16.7 Å². The van der Waals surface area contributed by atoms with Gasteiger partial charge in [-0.25, -0.2) is 9.50 Å². The Labute approximate surface area is 146 Å². The molecule has 0 bridgehead atoms. The first-order chi connectivity index (χ1) is 12.4. The van der Waals surface area contributed by atoms with Gasteiger partial charge < -0.3 is 5.32 Å². The second-order valence-electron chi connectivity index (χ2n) is 6.35. The highest BCUT2D eigenvalue weighted by molar-refractivity contribution is 5.90. The Kier molecular flexibility index (Phi) is 3.10. The molecule has 4 nitrogen and oxygen atoms in total. The summed E-state index contributed by atoms with van der Waals surface area (Å²) in [5.74, 6) is 0. The zero-order valence-corrected chi connectivity index (χ0v) is 14.0. The number of anilines is 1. The summed E-state index contributed by atoms with van der Waals surface area (Å²) in [6, 6.07) is 19.3. The Balaban J connectivity index is 1.85. The number of aryl methyl sites for hydroxylation is 1. The van der Waals surface area contributed by atoms with Gasteiger partial charge in [-0.2, -0.15) is 5.10 Å². The lowest BCUT2D eigenvalue weighted by Crippen LogP contribution is -2.13. The van der Waals surface area contributed by atoms with Gasteiger partial charge in [-0.1, -0.05) is 49.4 Å². The van der Waals surface area contributed by atoms with E-state index in [-0.39, 0.29) is 6.04 Å². The van der Waals surface area contributed by atoms with E-state index in [0.717, 1.165) is 28.9 Å². The van der Waals surface area contributed by atoms with Gasteiger partial charge >= 0.3 is 0 Å². The lowest BCUT2D eigenvalue weighted by atomic mass is 9.94. The van der Waals surface area contributed by atoms with Crippen LogP contribution >= 0.6 is 0 Å². The molecule has 3 heterocycles. The van der Waals surface area contributed by atoms with Gasteiger partial charge in [0.05, 0.1) is 11.6 Å². The highest BCUT2D eigenvalue weighted by atomic mass is 15.2. The molecule has 0 fully saturated rings. The van der Waals surface area contributed by atoms with Crippen LogP contribution in [-0.2, 0) is 6.42 Å². The van der Waals surface area contributed by atoms with Gasteiger partial charge in [-0.15, -0.1) is 0 Å². The fourth-order valence-electron chi connectivity index (χ4n) is 3.84. The first kappa shape index (κ1) is 14.2. The first-order valence-corrected chi connectivity index (χ1v) is 8.63. The standard InChI is InChI=1S/C21H18N4/c1-2-14-7-3-4-8-15(14)19-17-11-12-25-21(17)20(22-13-23-25)16-9-5-6-10-18(16)24-19/h3-13,19,24H,2H2,1H3.